The fourth-order valence-corrected chi connectivity index (χ4v) is 3.55. The average Bonchev–Trinajstić information content (AvgIpc) is 2.40. The van der Waals surface area contributed by atoms with Crippen LogP contribution in [0.4, 0.5) is 0 Å². The molecule has 4 nitrogen and oxygen atoms in total. The SMILES string of the molecule is CCO[Si](OCCCCl)(OCCCCl)OCCCCl. The van der Waals surface area contributed by atoms with E-state index in [2.05, 4.69) is 0 Å². The zero-order valence-corrected chi connectivity index (χ0v) is 14.6. The van der Waals surface area contributed by atoms with Crippen molar-refractivity contribution >= 4 is 43.9 Å². The molecule has 0 aliphatic rings. The van der Waals surface area contributed by atoms with Crippen molar-refractivity contribution in [1.82, 2.24) is 0 Å². The van der Waals surface area contributed by atoms with Crippen molar-refractivity contribution in [2.45, 2.75) is 26.2 Å². The minimum absolute atomic E-state index is 0.456. The minimum Gasteiger partial charge on any atom is -0.351 e. The Morgan fingerprint density at radius 2 is 1.05 bits per heavy atom. The zero-order chi connectivity index (χ0) is 14.4. The second-order valence-corrected chi connectivity index (χ2v) is 6.89. The minimum atomic E-state index is -3.08. The Morgan fingerprint density at radius 1 is 0.684 bits per heavy atom. The monoisotopic (exact) mass is 352 g/mol. The van der Waals surface area contributed by atoms with Gasteiger partial charge in [0.25, 0.3) is 0 Å². The Hall–Kier alpha value is 0.927. The average molecular weight is 354 g/mol. The Balaban J connectivity index is 4.37. The normalized spacial score (nSPS) is 12.0. The summed E-state index contributed by atoms with van der Waals surface area (Å²) >= 11 is 16.9. The summed E-state index contributed by atoms with van der Waals surface area (Å²) in [5.41, 5.74) is 0. The Bertz CT molecular complexity index is 174. The summed E-state index contributed by atoms with van der Waals surface area (Å²) in [5.74, 6) is 1.58. The first-order valence-corrected chi connectivity index (χ1v) is 9.72. The van der Waals surface area contributed by atoms with Gasteiger partial charge in [-0.3, -0.25) is 0 Å². The van der Waals surface area contributed by atoms with Gasteiger partial charge >= 0.3 is 9.05 Å². The van der Waals surface area contributed by atoms with Crippen LogP contribution in [0.3, 0.4) is 0 Å². The van der Waals surface area contributed by atoms with E-state index in [-0.39, 0.29) is 0 Å². The fraction of sp³-hybridized carbons (Fsp3) is 1.00. The molecular weight excluding hydrogens is 331 g/mol. The molecule has 0 aromatic rings. The van der Waals surface area contributed by atoms with E-state index in [0.29, 0.717) is 44.1 Å². The van der Waals surface area contributed by atoms with Crippen molar-refractivity contribution in [2.24, 2.45) is 0 Å². The van der Waals surface area contributed by atoms with Crippen molar-refractivity contribution in [3.05, 3.63) is 0 Å². The molecule has 0 aromatic carbocycles. The lowest BCUT2D eigenvalue weighted by atomic mass is 10.5. The lowest BCUT2D eigenvalue weighted by Gasteiger charge is -2.27. The molecule has 0 spiro atoms. The van der Waals surface area contributed by atoms with Crippen molar-refractivity contribution < 1.29 is 17.7 Å². The van der Waals surface area contributed by atoms with Crippen LogP contribution in [0.25, 0.3) is 0 Å². The van der Waals surface area contributed by atoms with Gasteiger partial charge in [0.15, 0.2) is 0 Å². The van der Waals surface area contributed by atoms with Crippen LogP contribution in [-0.2, 0) is 17.7 Å². The first kappa shape index (κ1) is 19.9. The summed E-state index contributed by atoms with van der Waals surface area (Å²) in [6.45, 7) is 3.71. The molecule has 116 valence electrons. The van der Waals surface area contributed by atoms with Gasteiger partial charge in [0.1, 0.15) is 0 Å². The highest BCUT2D eigenvalue weighted by Gasteiger charge is 2.45. The maximum absolute atomic E-state index is 5.71. The zero-order valence-electron chi connectivity index (χ0n) is 11.3. The van der Waals surface area contributed by atoms with E-state index in [1.807, 2.05) is 6.92 Å². The molecule has 0 bridgehead atoms. The number of hydrogen-bond donors (Lipinski definition) is 0. The first-order valence-electron chi connectivity index (χ1n) is 6.48. The number of halogens is 3. The Kier molecular flexibility index (Phi) is 14.6. The topological polar surface area (TPSA) is 36.9 Å². The molecule has 0 aliphatic carbocycles. The van der Waals surface area contributed by atoms with Gasteiger partial charge < -0.3 is 17.7 Å². The standard InChI is InChI=1S/C11H23Cl3O4Si/c1-2-15-19(16-9-3-6-12,17-10-4-7-13)18-11-5-8-14/h2-11H2,1H3. The Morgan fingerprint density at radius 3 is 1.32 bits per heavy atom. The van der Waals surface area contributed by atoms with Crippen molar-refractivity contribution in [3.63, 3.8) is 0 Å². The molecule has 0 fully saturated rings. The largest absolute Gasteiger partial charge is 0.679 e. The van der Waals surface area contributed by atoms with Crippen LogP contribution in [-0.4, -0.2) is 53.1 Å². The molecule has 0 unspecified atom stereocenters. The number of rotatable bonds is 14. The van der Waals surface area contributed by atoms with Crippen LogP contribution < -0.4 is 0 Å². The van der Waals surface area contributed by atoms with Gasteiger partial charge in [-0.1, -0.05) is 0 Å². The summed E-state index contributed by atoms with van der Waals surface area (Å²) in [5, 5.41) is 0. The van der Waals surface area contributed by atoms with Gasteiger partial charge in [0.05, 0.1) is 0 Å². The molecule has 8 heteroatoms. The first-order chi connectivity index (χ1) is 9.24. The highest BCUT2D eigenvalue weighted by Crippen LogP contribution is 2.14. The molecule has 0 aromatic heterocycles. The van der Waals surface area contributed by atoms with Crippen LogP contribution in [0.5, 0.6) is 0 Å². The third kappa shape index (κ3) is 10.3. The van der Waals surface area contributed by atoms with E-state index in [4.69, 9.17) is 52.5 Å². The molecule has 0 rings (SSSR count). The lowest BCUT2D eigenvalue weighted by molar-refractivity contribution is -0.0319. The van der Waals surface area contributed by atoms with Crippen molar-refractivity contribution in [1.29, 1.82) is 0 Å². The highest BCUT2D eigenvalue weighted by atomic mass is 35.5. The predicted molar refractivity (Wildman–Crippen MR) is 81.2 cm³/mol. The third-order valence-corrected chi connectivity index (χ3v) is 5.11. The predicted octanol–water partition coefficient (Wildman–Crippen LogP) is 3.40. The molecule has 0 aliphatic heterocycles. The molecule has 0 N–H and O–H groups in total. The molecule has 0 saturated carbocycles. The summed E-state index contributed by atoms with van der Waals surface area (Å²) < 4.78 is 22.7. The molecule has 0 amide bonds. The van der Waals surface area contributed by atoms with Gasteiger partial charge in [0, 0.05) is 44.1 Å². The van der Waals surface area contributed by atoms with E-state index in [0.717, 1.165) is 19.3 Å². The summed E-state index contributed by atoms with van der Waals surface area (Å²) in [4.78, 5) is 0. The second kappa shape index (κ2) is 13.9. The van der Waals surface area contributed by atoms with Gasteiger partial charge in [-0.05, 0) is 26.2 Å². The van der Waals surface area contributed by atoms with E-state index < -0.39 is 9.05 Å². The molecule has 19 heavy (non-hydrogen) atoms. The summed E-state index contributed by atoms with van der Waals surface area (Å²) in [7, 11) is -3.08. The molecule has 0 atom stereocenters. The lowest BCUT2D eigenvalue weighted by Crippen LogP contribution is -2.50. The summed E-state index contributed by atoms with van der Waals surface area (Å²) in [6, 6.07) is 0. The smallest absolute Gasteiger partial charge is 0.351 e. The van der Waals surface area contributed by atoms with E-state index >= 15 is 0 Å². The van der Waals surface area contributed by atoms with Crippen LogP contribution in [0, 0.1) is 0 Å². The quantitative estimate of drug-likeness (QED) is 0.272. The van der Waals surface area contributed by atoms with E-state index in [1.165, 1.54) is 0 Å². The van der Waals surface area contributed by atoms with Crippen LogP contribution in [0.15, 0.2) is 0 Å². The molecule has 0 radical (unpaired) electrons. The number of hydrogen-bond acceptors (Lipinski definition) is 4. The van der Waals surface area contributed by atoms with Gasteiger partial charge in [-0.25, -0.2) is 0 Å². The molecular formula is C11H23Cl3O4Si. The second-order valence-electron chi connectivity index (χ2n) is 3.61. The van der Waals surface area contributed by atoms with Crippen LogP contribution >= 0.6 is 34.8 Å². The highest BCUT2D eigenvalue weighted by molar-refractivity contribution is 6.53. The third-order valence-electron chi connectivity index (χ3n) is 1.99. The van der Waals surface area contributed by atoms with Gasteiger partial charge in [-0.2, -0.15) is 0 Å². The van der Waals surface area contributed by atoms with Gasteiger partial charge in [-0.15, -0.1) is 34.8 Å². The Labute approximate surface area is 132 Å². The summed E-state index contributed by atoms with van der Waals surface area (Å²) in [6.07, 6.45) is 2.17. The van der Waals surface area contributed by atoms with E-state index in [9.17, 15) is 0 Å². The van der Waals surface area contributed by atoms with Crippen LogP contribution in [0.1, 0.15) is 26.2 Å². The maximum atomic E-state index is 5.71. The van der Waals surface area contributed by atoms with E-state index in [1.54, 1.807) is 0 Å². The van der Waals surface area contributed by atoms with Crippen LogP contribution in [0.2, 0.25) is 0 Å². The maximum Gasteiger partial charge on any atom is 0.679 e. The fourth-order valence-electron chi connectivity index (χ4n) is 1.18. The molecule has 0 saturated heterocycles. The van der Waals surface area contributed by atoms with Crippen molar-refractivity contribution in [2.75, 3.05) is 44.1 Å². The van der Waals surface area contributed by atoms with Crippen molar-refractivity contribution in [3.8, 4) is 0 Å². The van der Waals surface area contributed by atoms with Gasteiger partial charge in [0.2, 0.25) is 0 Å². The molecule has 0 heterocycles. The number of alkyl halides is 3.